The fourth-order valence-corrected chi connectivity index (χ4v) is 3.13. The molecule has 1 amide bonds. The van der Waals surface area contributed by atoms with E-state index in [1.54, 1.807) is 0 Å². The lowest BCUT2D eigenvalue weighted by Crippen LogP contribution is -2.42. The standard InChI is InChI=1S/C18H25N3O/c1-14-7-10-21(11-8-14)18(22)13-19-9-6-15-12-20-17-5-3-2-4-16(15)17/h2-5,12,14,19-20H,6-11,13H2,1H3. The van der Waals surface area contributed by atoms with Crippen LogP contribution in [0.5, 0.6) is 0 Å². The number of benzene rings is 1. The van der Waals surface area contributed by atoms with Crippen LogP contribution in [0.1, 0.15) is 25.3 Å². The summed E-state index contributed by atoms with van der Waals surface area (Å²) in [5, 5.41) is 4.57. The molecule has 4 nitrogen and oxygen atoms in total. The van der Waals surface area contributed by atoms with E-state index in [1.807, 2.05) is 11.0 Å². The number of H-pyrrole nitrogens is 1. The predicted octanol–water partition coefficient (Wildman–Crippen LogP) is 2.56. The maximum atomic E-state index is 12.1. The number of aromatic amines is 1. The van der Waals surface area contributed by atoms with Crippen molar-refractivity contribution < 1.29 is 4.79 Å². The molecule has 0 atom stereocenters. The molecule has 0 bridgehead atoms. The second kappa shape index (κ2) is 6.97. The Morgan fingerprint density at radius 3 is 2.91 bits per heavy atom. The highest BCUT2D eigenvalue weighted by Gasteiger charge is 2.19. The van der Waals surface area contributed by atoms with Gasteiger partial charge in [0.05, 0.1) is 6.54 Å². The summed E-state index contributed by atoms with van der Waals surface area (Å²) in [6.07, 6.45) is 5.29. The van der Waals surface area contributed by atoms with Crippen LogP contribution in [0.25, 0.3) is 10.9 Å². The minimum Gasteiger partial charge on any atom is -0.361 e. The average Bonchev–Trinajstić information content (AvgIpc) is 2.95. The normalized spacial score (nSPS) is 16.3. The number of hydrogen-bond acceptors (Lipinski definition) is 2. The Hall–Kier alpha value is -1.81. The van der Waals surface area contributed by atoms with E-state index in [0.717, 1.165) is 44.8 Å². The molecule has 22 heavy (non-hydrogen) atoms. The van der Waals surface area contributed by atoms with Crippen LogP contribution in [0, 0.1) is 5.92 Å². The molecule has 0 saturated carbocycles. The first-order chi connectivity index (χ1) is 10.7. The van der Waals surface area contributed by atoms with Crippen LogP contribution >= 0.6 is 0 Å². The summed E-state index contributed by atoms with van der Waals surface area (Å²) in [7, 11) is 0. The van der Waals surface area contributed by atoms with E-state index in [-0.39, 0.29) is 5.91 Å². The number of nitrogens with one attached hydrogen (secondary N) is 2. The fourth-order valence-electron chi connectivity index (χ4n) is 3.13. The molecule has 1 saturated heterocycles. The maximum absolute atomic E-state index is 12.1. The molecule has 1 fully saturated rings. The lowest BCUT2D eigenvalue weighted by Gasteiger charge is -2.30. The molecule has 1 aliphatic heterocycles. The number of piperidine rings is 1. The third kappa shape index (κ3) is 3.50. The second-order valence-corrected chi connectivity index (χ2v) is 6.35. The number of hydrogen-bond donors (Lipinski definition) is 2. The van der Waals surface area contributed by atoms with Gasteiger partial charge in [0, 0.05) is 30.2 Å². The van der Waals surface area contributed by atoms with Gasteiger partial charge in [-0.1, -0.05) is 25.1 Å². The molecule has 0 unspecified atom stereocenters. The van der Waals surface area contributed by atoms with Crippen molar-refractivity contribution in [3.05, 3.63) is 36.0 Å². The zero-order valence-corrected chi connectivity index (χ0v) is 13.3. The third-order valence-electron chi connectivity index (χ3n) is 4.66. The molecular weight excluding hydrogens is 274 g/mol. The number of carbonyl (C=O) groups is 1. The molecule has 0 aliphatic carbocycles. The van der Waals surface area contributed by atoms with Crippen molar-refractivity contribution in [3.63, 3.8) is 0 Å². The van der Waals surface area contributed by atoms with Gasteiger partial charge in [-0.3, -0.25) is 4.79 Å². The number of nitrogens with zero attached hydrogens (tertiary/aromatic N) is 1. The summed E-state index contributed by atoms with van der Waals surface area (Å²) in [5.41, 5.74) is 2.48. The number of aromatic nitrogens is 1. The van der Waals surface area contributed by atoms with Crippen molar-refractivity contribution in [2.45, 2.75) is 26.2 Å². The van der Waals surface area contributed by atoms with Crippen molar-refractivity contribution in [1.29, 1.82) is 0 Å². The van der Waals surface area contributed by atoms with Crippen LogP contribution < -0.4 is 5.32 Å². The molecule has 118 valence electrons. The molecule has 0 spiro atoms. The molecule has 0 radical (unpaired) electrons. The monoisotopic (exact) mass is 299 g/mol. The lowest BCUT2D eigenvalue weighted by molar-refractivity contribution is -0.131. The summed E-state index contributed by atoms with van der Waals surface area (Å²) >= 11 is 0. The van der Waals surface area contributed by atoms with Crippen LogP contribution in [0.3, 0.4) is 0 Å². The number of fused-ring (bicyclic) bond motifs is 1. The van der Waals surface area contributed by atoms with E-state index in [4.69, 9.17) is 0 Å². The van der Waals surface area contributed by atoms with Crippen molar-refractivity contribution in [2.75, 3.05) is 26.2 Å². The van der Waals surface area contributed by atoms with Crippen molar-refractivity contribution in [1.82, 2.24) is 15.2 Å². The van der Waals surface area contributed by atoms with E-state index in [1.165, 1.54) is 16.5 Å². The zero-order chi connectivity index (χ0) is 15.4. The number of carbonyl (C=O) groups excluding carboxylic acids is 1. The van der Waals surface area contributed by atoms with Gasteiger partial charge < -0.3 is 15.2 Å². The van der Waals surface area contributed by atoms with Gasteiger partial charge in [0.25, 0.3) is 0 Å². The van der Waals surface area contributed by atoms with E-state index in [2.05, 4.69) is 41.6 Å². The van der Waals surface area contributed by atoms with Crippen molar-refractivity contribution in [3.8, 4) is 0 Å². The van der Waals surface area contributed by atoms with Crippen LogP contribution in [0.2, 0.25) is 0 Å². The molecular formula is C18H25N3O. The lowest BCUT2D eigenvalue weighted by atomic mass is 9.99. The van der Waals surface area contributed by atoms with Crippen LogP contribution in [0.15, 0.2) is 30.5 Å². The summed E-state index contributed by atoms with van der Waals surface area (Å²) in [6.45, 7) is 5.39. The van der Waals surface area contributed by atoms with Crippen LogP contribution in [-0.4, -0.2) is 42.0 Å². The number of rotatable bonds is 5. The first kappa shape index (κ1) is 15.1. The Bertz CT molecular complexity index is 626. The van der Waals surface area contributed by atoms with Gasteiger partial charge in [-0.15, -0.1) is 0 Å². The number of likely N-dealkylation sites (tertiary alicyclic amines) is 1. The summed E-state index contributed by atoms with van der Waals surface area (Å²) in [5.74, 6) is 1.00. The Labute approximate surface area is 131 Å². The highest BCUT2D eigenvalue weighted by atomic mass is 16.2. The highest BCUT2D eigenvalue weighted by Crippen LogP contribution is 2.18. The molecule has 2 aromatic rings. The minimum absolute atomic E-state index is 0.242. The van der Waals surface area contributed by atoms with Crippen molar-refractivity contribution >= 4 is 16.8 Å². The first-order valence-electron chi connectivity index (χ1n) is 8.27. The predicted molar refractivity (Wildman–Crippen MR) is 89.9 cm³/mol. The topological polar surface area (TPSA) is 48.1 Å². The SMILES string of the molecule is CC1CCN(C(=O)CNCCc2c[nH]c3ccccc23)CC1. The van der Waals surface area contributed by atoms with Gasteiger partial charge in [-0.2, -0.15) is 0 Å². The fraction of sp³-hybridized carbons (Fsp3) is 0.500. The summed E-state index contributed by atoms with van der Waals surface area (Å²) in [4.78, 5) is 17.4. The van der Waals surface area contributed by atoms with Gasteiger partial charge in [-0.05, 0) is 43.4 Å². The smallest absolute Gasteiger partial charge is 0.236 e. The third-order valence-corrected chi connectivity index (χ3v) is 4.66. The molecule has 3 rings (SSSR count). The van der Waals surface area contributed by atoms with Gasteiger partial charge in [-0.25, -0.2) is 0 Å². The summed E-state index contributed by atoms with van der Waals surface area (Å²) < 4.78 is 0. The Balaban J connectivity index is 1.43. The molecule has 1 aliphatic rings. The van der Waals surface area contributed by atoms with Gasteiger partial charge in [0.1, 0.15) is 0 Å². The number of amides is 1. The minimum atomic E-state index is 0.242. The van der Waals surface area contributed by atoms with E-state index < -0.39 is 0 Å². The van der Waals surface area contributed by atoms with Crippen molar-refractivity contribution in [2.24, 2.45) is 5.92 Å². The number of para-hydroxylation sites is 1. The first-order valence-corrected chi connectivity index (χ1v) is 8.27. The quantitative estimate of drug-likeness (QED) is 0.834. The van der Waals surface area contributed by atoms with Crippen LogP contribution in [0.4, 0.5) is 0 Å². The average molecular weight is 299 g/mol. The van der Waals surface area contributed by atoms with Gasteiger partial charge >= 0.3 is 0 Å². The van der Waals surface area contributed by atoms with E-state index >= 15 is 0 Å². The maximum Gasteiger partial charge on any atom is 0.236 e. The molecule has 2 N–H and O–H groups in total. The molecule has 2 heterocycles. The Morgan fingerprint density at radius 1 is 1.32 bits per heavy atom. The summed E-state index contributed by atoms with van der Waals surface area (Å²) in [6, 6.07) is 8.33. The Morgan fingerprint density at radius 2 is 2.09 bits per heavy atom. The van der Waals surface area contributed by atoms with Gasteiger partial charge in [0.2, 0.25) is 5.91 Å². The van der Waals surface area contributed by atoms with Gasteiger partial charge in [0.15, 0.2) is 0 Å². The molecule has 4 heteroatoms. The van der Waals surface area contributed by atoms with Crippen LogP contribution in [-0.2, 0) is 11.2 Å². The largest absolute Gasteiger partial charge is 0.361 e. The second-order valence-electron chi connectivity index (χ2n) is 6.35. The Kier molecular flexibility index (Phi) is 4.78. The molecule has 1 aromatic carbocycles. The molecule has 1 aromatic heterocycles. The zero-order valence-electron chi connectivity index (χ0n) is 13.3. The van der Waals surface area contributed by atoms with E-state index in [9.17, 15) is 4.79 Å². The van der Waals surface area contributed by atoms with E-state index in [0.29, 0.717) is 6.54 Å². The highest BCUT2D eigenvalue weighted by molar-refractivity contribution is 5.83.